The average Bonchev–Trinajstić information content (AvgIpc) is 3.64. The lowest BCUT2D eigenvalue weighted by Gasteiger charge is -2.20. The number of imidazole rings is 1. The van der Waals surface area contributed by atoms with Gasteiger partial charge in [-0.15, -0.1) is 10.2 Å². The van der Waals surface area contributed by atoms with Crippen molar-refractivity contribution in [2.45, 2.75) is 39.8 Å². The van der Waals surface area contributed by atoms with E-state index in [0.717, 1.165) is 46.5 Å². The fraction of sp³-hybridized carbons (Fsp3) is 0.176. The first-order valence-corrected chi connectivity index (χ1v) is 14.3. The molecule has 0 saturated carbocycles. The molecule has 0 spiro atoms. The number of hydrogen-bond donors (Lipinski definition) is 1. The van der Waals surface area contributed by atoms with Crippen LogP contribution in [-0.2, 0) is 24.3 Å². The Hall–Kier alpha value is -5.44. The molecule has 1 N–H and O–H groups in total. The Morgan fingerprint density at radius 1 is 0.884 bits per heavy atom. The highest BCUT2D eigenvalue weighted by Crippen LogP contribution is 2.30. The van der Waals surface area contributed by atoms with Crippen LogP contribution in [0.1, 0.15) is 37.2 Å². The highest BCUT2D eigenvalue weighted by molar-refractivity contribution is 5.93. The summed E-state index contributed by atoms with van der Waals surface area (Å²) < 4.78 is 2.02. The second-order valence-corrected chi connectivity index (χ2v) is 10.4. The molecule has 43 heavy (non-hydrogen) atoms. The first-order valence-electron chi connectivity index (χ1n) is 14.3. The van der Waals surface area contributed by atoms with Crippen molar-refractivity contribution in [3.05, 3.63) is 124 Å². The van der Waals surface area contributed by atoms with Crippen LogP contribution >= 0.6 is 0 Å². The number of benzene rings is 3. The molecule has 9 heteroatoms. The lowest BCUT2D eigenvalue weighted by atomic mass is 9.98. The minimum absolute atomic E-state index is 0.107. The maximum absolute atomic E-state index is 13.5. The number of hydrogen-bond acceptors (Lipinski definition) is 6. The fourth-order valence-electron chi connectivity index (χ4n) is 5.39. The number of tetrazole rings is 1. The molecule has 0 radical (unpaired) electrons. The third kappa shape index (κ3) is 5.83. The number of nitrogens with one attached hydrogen (secondary N) is 1. The Morgan fingerprint density at radius 2 is 1.63 bits per heavy atom. The van der Waals surface area contributed by atoms with Crippen LogP contribution in [0.4, 0.5) is 5.69 Å². The van der Waals surface area contributed by atoms with Crippen molar-refractivity contribution in [3.8, 4) is 22.5 Å². The quantitative estimate of drug-likeness (QED) is 0.236. The first-order chi connectivity index (χ1) is 21.0. The number of aromatic amines is 1. The van der Waals surface area contributed by atoms with Gasteiger partial charge in [0.1, 0.15) is 11.3 Å². The van der Waals surface area contributed by atoms with Gasteiger partial charge in [-0.2, -0.15) is 5.21 Å². The standard InChI is InChI=1S/C34H31N7O2/c1-3-9-32-35-30-20-27(40(23(2)42)21-24-10-5-4-6-11-24)18-19-31(43)33(30)41(32)22-25-14-16-26(17-15-25)28-12-7-8-13-29(28)34-36-38-39-37-34/h4-8,10-20H,3,9,21-22H2,1-2H3,(H,36,37,38,39). The van der Waals surface area contributed by atoms with E-state index in [9.17, 15) is 9.59 Å². The van der Waals surface area contributed by atoms with Crippen molar-refractivity contribution in [2.75, 3.05) is 4.90 Å². The zero-order valence-corrected chi connectivity index (χ0v) is 24.1. The van der Waals surface area contributed by atoms with Crippen LogP contribution in [0.3, 0.4) is 0 Å². The number of aromatic nitrogens is 6. The highest BCUT2D eigenvalue weighted by atomic mass is 16.2. The summed E-state index contributed by atoms with van der Waals surface area (Å²) in [7, 11) is 0. The number of aryl methyl sites for hydroxylation is 1. The summed E-state index contributed by atoms with van der Waals surface area (Å²) in [5.74, 6) is 1.27. The maximum Gasteiger partial charge on any atom is 0.224 e. The van der Waals surface area contributed by atoms with Crippen molar-refractivity contribution < 1.29 is 4.79 Å². The van der Waals surface area contributed by atoms with Crippen molar-refractivity contribution >= 4 is 22.6 Å². The van der Waals surface area contributed by atoms with Crippen LogP contribution in [0, 0.1) is 0 Å². The van der Waals surface area contributed by atoms with Gasteiger partial charge in [-0.3, -0.25) is 9.59 Å². The molecule has 0 aliphatic carbocycles. The van der Waals surface area contributed by atoms with Gasteiger partial charge in [0.15, 0.2) is 0 Å². The topological polar surface area (TPSA) is 110 Å². The normalized spacial score (nSPS) is 11.1. The van der Waals surface area contributed by atoms with Gasteiger partial charge >= 0.3 is 0 Å². The number of carbonyl (C=O) groups excluding carboxylic acids is 1. The van der Waals surface area contributed by atoms with Crippen molar-refractivity contribution in [1.29, 1.82) is 0 Å². The molecule has 0 atom stereocenters. The van der Waals surface area contributed by atoms with E-state index in [1.807, 2.05) is 65.2 Å². The molecule has 0 saturated heterocycles. The van der Waals surface area contributed by atoms with Crippen LogP contribution in [0.25, 0.3) is 33.5 Å². The van der Waals surface area contributed by atoms with Gasteiger partial charge in [-0.05, 0) is 52.1 Å². The van der Waals surface area contributed by atoms with E-state index in [0.29, 0.717) is 35.6 Å². The molecule has 0 bridgehead atoms. The molecular weight excluding hydrogens is 538 g/mol. The van der Waals surface area contributed by atoms with Gasteiger partial charge in [0.2, 0.25) is 17.2 Å². The molecule has 1 amide bonds. The Morgan fingerprint density at radius 3 is 2.33 bits per heavy atom. The molecule has 0 aliphatic rings. The number of fused-ring (bicyclic) bond motifs is 1. The molecule has 0 aliphatic heterocycles. The SMILES string of the molecule is CCCc1nc2cc(N(Cc3ccccc3)C(C)=O)ccc(=O)c2n1Cc1ccc(-c2ccccc2-c2nn[nH]n2)cc1. The van der Waals surface area contributed by atoms with Gasteiger partial charge in [0, 0.05) is 31.1 Å². The summed E-state index contributed by atoms with van der Waals surface area (Å²) in [6, 6.07) is 31.1. The van der Waals surface area contributed by atoms with Gasteiger partial charge in [0.25, 0.3) is 0 Å². The van der Waals surface area contributed by atoms with E-state index in [-0.39, 0.29) is 11.3 Å². The number of anilines is 1. The van der Waals surface area contributed by atoms with E-state index in [4.69, 9.17) is 4.98 Å². The molecule has 0 fully saturated rings. The van der Waals surface area contributed by atoms with Crippen molar-refractivity contribution in [2.24, 2.45) is 0 Å². The third-order valence-corrected chi connectivity index (χ3v) is 7.46. The average molecular weight is 570 g/mol. The fourth-order valence-corrected chi connectivity index (χ4v) is 5.39. The molecule has 2 aromatic heterocycles. The van der Waals surface area contributed by atoms with Gasteiger partial charge < -0.3 is 9.47 Å². The number of rotatable bonds is 9. The zero-order chi connectivity index (χ0) is 29.8. The zero-order valence-electron chi connectivity index (χ0n) is 24.1. The summed E-state index contributed by atoms with van der Waals surface area (Å²) in [6.45, 7) is 4.53. The Kier molecular flexibility index (Phi) is 7.86. The third-order valence-electron chi connectivity index (χ3n) is 7.46. The molecule has 0 unspecified atom stereocenters. The van der Waals surface area contributed by atoms with Crippen LogP contribution in [-0.4, -0.2) is 36.1 Å². The van der Waals surface area contributed by atoms with Gasteiger partial charge in [-0.1, -0.05) is 85.8 Å². The van der Waals surface area contributed by atoms with Crippen molar-refractivity contribution in [1.82, 2.24) is 30.2 Å². The molecule has 9 nitrogen and oxygen atoms in total. The highest BCUT2D eigenvalue weighted by Gasteiger charge is 2.18. The number of carbonyl (C=O) groups is 1. The minimum Gasteiger partial charge on any atom is -0.320 e. The Balaban J connectivity index is 1.36. The predicted octanol–water partition coefficient (Wildman–Crippen LogP) is 5.80. The molecule has 4 aromatic carbocycles. The molecule has 214 valence electrons. The number of amides is 1. The molecule has 2 heterocycles. The number of H-pyrrole nitrogens is 1. The number of nitrogens with zero attached hydrogens (tertiary/aromatic N) is 6. The summed E-state index contributed by atoms with van der Waals surface area (Å²) in [4.78, 5) is 32.8. The minimum atomic E-state index is -0.134. The first kappa shape index (κ1) is 27.7. The lowest BCUT2D eigenvalue weighted by molar-refractivity contribution is -0.116. The Labute approximate surface area is 248 Å². The van der Waals surface area contributed by atoms with E-state index >= 15 is 0 Å². The smallest absolute Gasteiger partial charge is 0.224 e. The maximum atomic E-state index is 13.5. The van der Waals surface area contributed by atoms with Gasteiger partial charge in [-0.25, -0.2) is 4.98 Å². The van der Waals surface area contributed by atoms with Crippen LogP contribution in [0.15, 0.2) is 102 Å². The van der Waals surface area contributed by atoms with E-state index in [2.05, 4.69) is 51.8 Å². The van der Waals surface area contributed by atoms with Crippen LogP contribution in [0.5, 0.6) is 0 Å². The second-order valence-electron chi connectivity index (χ2n) is 10.4. The summed E-state index contributed by atoms with van der Waals surface area (Å²) in [5, 5.41) is 14.5. The summed E-state index contributed by atoms with van der Waals surface area (Å²) >= 11 is 0. The van der Waals surface area contributed by atoms with Gasteiger partial charge in [0.05, 0.1) is 12.1 Å². The predicted molar refractivity (Wildman–Crippen MR) is 167 cm³/mol. The Bertz CT molecular complexity index is 1930. The molecule has 6 rings (SSSR count). The van der Waals surface area contributed by atoms with Crippen molar-refractivity contribution in [3.63, 3.8) is 0 Å². The monoisotopic (exact) mass is 569 g/mol. The second kappa shape index (κ2) is 12.2. The molecular formula is C34H31N7O2. The van der Waals surface area contributed by atoms with Crippen LogP contribution < -0.4 is 10.3 Å². The largest absolute Gasteiger partial charge is 0.320 e. The van der Waals surface area contributed by atoms with E-state index in [1.165, 1.54) is 6.92 Å². The summed E-state index contributed by atoms with van der Waals surface area (Å²) in [5.41, 5.74) is 6.58. The molecule has 6 aromatic rings. The van der Waals surface area contributed by atoms with E-state index in [1.54, 1.807) is 17.0 Å². The summed E-state index contributed by atoms with van der Waals surface area (Å²) in [6.07, 6.45) is 1.61. The van der Waals surface area contributed by atoms with Crippen LogP contribution in [0.2, 0.25) is 0 Å². The lowest BCUT2D eigenvalue weighted by Crippen LogP contribution is -2.27. The van der Waals surface area contributed by atoms with E-state index < -0.39 is 0 Å².